The van der Waals surface area contributed by atoms with Gasteiger partial charge in [0.25, 0.3) is 0 Å². The Labute approximate surface area is 109 Å². The largest absolute Gasteiger partial charge is 0.491 e. The van der Waals surface area contributed by atoms with Gasteiger partial charge >= 0.3 is 5.97 Å². The van der Waals surface area contributed by atoms with E-state index >= 15 is 0 Å². The van der Waals surface area contributed by atoms with Crippen molar-refractivity contribution >= 4 is 5.97 Å². The molecule has 0 unspecified atom stereocenters. The maximum atomic E-state index is 10.9. The first kappa shape index (κ1) is 13.1. The van der Waals surface area contributed by atoms with E-state index in [0.717, 1.165) is 6.39 Å². The van der Waals surface area contributed by atoms with Crippen LogP contribution in [0, 0.1) is 0 Å². The third-order valence-corrected chi connectivity index (χ3v) is 2.44. The summed E-state index contributed by atoms with van der Waals surface area (Å²) in [5.41, 5.74) is 0.530. The molecule has 0 spiro atoms. The number of hydrogen-bond acceptors (Lipinski definition) is 5. The van der Waals surface area contributed by atoms with Crippen molar-refractivity contribution in [2.45, 2.75) is 0 Å². The third kappa shape index (κ3) is 3.11. The molecule has 0 saturated heterocycles. The Kier molecular flexibility index (Phi) is 4.15. The molecule has 1 N–H and O–H groups in total. The van der Waals surface area contributed by atoms with Crippen LogP contribution in [0.3, 0.4) is 0 Å². The summed E-state index contributed by atoms with van der Waals surface area (Å²) in [6.07, 6.45) is 1.11. The van der Waals surface area contributed by atoms with Crippen LogP contribution in [0.5, 0.6) is 5.75 Å². The number of carboxylic acid groups (broad SMARTS) is 1. The van der Waals surface area contributed by atoms with E-state index in [9.17, 15) is 4.79 Å². The smallest absolute Gasteiger partial charge is 0.358 e. The van der Waals surface area contributed by atoms with Crippen LogP contribution in [-0.2, 0) is 4.74 Å². The van der Waals surface area contributed by atoms with Gasteiger partial charge in [-0.1, -0.05) is 0 Å². The molecule has 0 saturated carbocycles. The topological polar surface area (TPSA) is 81.8 Å². The minimum atomic E-state index is -1.12. The van der Waals surface area contributed by atoms with Gasteiger partial charge in [-0.3, -0.25) is 0 Å². The van der Waals surface area contributed by atoms with E-state index < -0.39 is 5.97 Å². The number of oxazole rings is 1. The molecule has 0 aliphatic carbocycles. The van der Waals surface area contributed by atoms with Crippen LogP contribution < -0.4 is 4.74 Å². The molecule has 0 aliphatic rings. The van der Waals surface area contributed by atoms with Crippen LogP contribution in [0.2, 0.25) is 0 Å². The van der Waals surface area contributed by atoms with Crippen molar-refractivity contribution in [2.75, 3.05) is 20.3 Å². The van der Waals surface area contributed by atoms with Crippen LogP contribution in [-0.4, -0.2) is 36.4 Å². The number of hydrogen-bond donors (Lipinski definition) is 1. The van der Waals surface area contributed by atoms with Crippen molar-refractivity contribution in [1.29, 1.82) is 0 Å². The minimum absolute atomic E-state index is 0.104. The Morgan fingerprint density at radius 2 is 2.05 bits per heavy atom. The SMILES string of the molecule is COCCOc1ccc(-c2ocnc2C(=O)O)cc1. The first-order valence-electron chi connectivity index (χ1n) is 5.61. The van der Waals surface area contributed by atoms with Gasteiger partial charge in [-0.2, -0.15) is 0 Å². The number of ether oxygens (including phenoxy) is 2. The van der Waals surface area contributed by atoms with Gasteiger partial charge < -0.3 is 19.0 Å². The monoisotopic (exact) mass is 263 g/mol. The van der Waals surface area contributed by atoms with Crippen LogP contribution in [0.4, 0.5) is 0 Å². The summed E-state index contributed by atoms with van der Waals surface area (Å²) in [4.78, 5) is 14.6. The normalized spacial score (nSPS) is 10.4. The van der Waals surface area contributed by atoms with Gasteiger partial charge in [0, 0.05) is 12.7 Å². The van der Waals surface area contributed by atoms with E-state index in [0.29, 0.717) is 24.5 Å². The van der Waals surface area contributed by atoms with Crippen LogP contribution in [0.25, 0.3) is 11.3 Å². The Hall–Kier alpha value is -2.34. The molecule has 2 aromatic rings. The summed E-state index contributed by atoms with van der Waals surface area (Å²) in [5, 5.41) is 8.95. The first-order valence-corrected chi connectivity index (χ1v) is 5.61. The zero-order valence-corrected chi connectivity index (χ0v) is 10.3. The van der Waals surface area contributed by atoms with E-state index in [4.69, 9.17) is 19.0 Å². The predicted octanol–water partition coefficient (Wildman–Crippen LogP) is 2.07. The fraction of sp³-hybridized carbons (Fsp3) is 0.231. The summed E-state index contributed by atoms with van der Waals surface area (Å²) in [7, 11) is 1.60. The number of rotatable bonds is 6. The number of methoxy groups -OCH3 is 1. The van der Waals surface area contributed by atoms with E-state index in [2.05, 4.69) is 4.98 Å². The van der Waals surface area contributed by atoms with E-state index in [1.54, 1.807) is 31.4 Å². The Bertz CT molecular complexity index is 546. The quantitative estimate of drug-likeness (QED) is 0.803. The van der Waals surface area contributed by atoms with Gasteiger partial charge in [0.15, 0.2) is 17.8 Å². The Morgan fingerprint density at radius 3 is 2.68 bits per heavy atom. The molecular weight excluding hydrogens is 250 g/mol. The molecule has 0 atom stereocenters. The molecule has 0 aliphatic heterocycles. The summed E-state index contributed by atoms with van der Waals surface area (Å²) < 4.78 is 15.4. The first-order chi connectivity index (χ1) is 9.22. The highest BCUT2D eigenvalue weighted by Gasteiger charge is 2.16. The van der Waals surface area contributed by atoms with E-state index in [1.165, 1.54) is 0 Å². The average Bonchev–Trinajstić information content (AvgIpc) is 2.89. The molecule has 1 heterocycles. The zero-order valence-electron chi connectivity index (χ0n) is 10.3. The number of aromatic carboxylic acids is 1. The highest BCUT2D eigenvalue weighted by atomic mass is 16.5. The Morgan fingerprint density at radius 1 is 1.32 bits per heavy atom. The highest BCUT2D eigenvalue weighted by Crippen LogP contribution is 2.25. The van der Waals surface area contributed by atoms with Crippen molar-refractivity contribution in [3.05, 3.63) is 36.4 Å². The molecule has 0 fully saturated rings. The lowest BCUT2D eigenvalue weighted by atomic mass is 10.1. The third-order valence-electron chi connectivity index (χ3n) is 2.44. The van der Waals surface area contributed by atoms with E-state index in [1.807, 2.05) is 0 Å². The van der Waals surface area contributed by atoms with Crippen LogP contribution in [0.15, 0.2) is 35.1 Å². The molecule has 0 amide bonds. The number of aromatic nitrogens is 1. The molecule has 6 heteroatoms. The van der Waals surface area contributed by atoms with Crippen molar-refractivity contribution in [3.63, 3.8) is 0 Å². The lowest BCUT2D eigenvalue weighted by Gasteiger charge is -2.05. The van der Waals surface area contributed by atoms with Gasteiger partial charge in [0.05, 0.1) is 6.61 Å². The predicted molar refractivity (Wildman–Crippen MR) is 66.3 cm³/mol. The zero-order chi connectivity index (χ0) is 13.7. The average molecular weight is 263 g/mol. The van der Waals surface area contributed by atoms with Gasteiger partial charge in [-0.15, -0.1) is 0 Å². The maximum absolute atomic E-state index is 10.9. The number of carbonyl (C=O) groups is 1. The summed E-state index contributed by atoms with van der Waals surface area (Å²) in [5.74, 6) is -0.211. The lowest BCUT2D eigenvalue weighted by Crippen LogP contribution is -2.04. The fourth-order valence-electron chi connectivity index (χ4n) is 1.55. The van der Waals surface area contributed by atoms with Gasteiger partial charge in [0.1, 0.15) is 12.4 Å². The second-order valence-electron chi connectivity index (χ2n) is 3.70. The van der Waals surface area contributed by atoms with Gasteiger partial charge in [0.2, 0.25) is 0 Å². The van der Waals surface area contributed by atoms with Crippen LogP contribution in [0.1, 0.15) is 10.5 Å². The van der Waals surface area contributed by atoms with Gasteiger partial charge in [-0.25, -0.2) is 9.78 Å². The molecule has 1 aromatic heterocycles. The molecule has 0 radical (unpaired) electrons. The molecule has 0 bridgehead atoms. The maximum Gasteiger partial charge on any atom is 0.358 e. The molecular formula is C13H13NO5. The fourth-order valence-corrected chi connectivity index (χ4v) is 1.55. The highest BCUT2D eigenvalue weighted by molar-refractivity contribution is 5.92. The summed E-state index contributed by atoms with van der Waals surface area (Å²) in [6.45, 7) is 0.964. The van der Waals surface area contributed by atoms with Crippen molar-refractivity contribution in [2.24, 2.45) is 0 Å². The van der Waals surface area contributed by atoms with E-state index in [-0.39, 0.29) is 11.5 Å². The van der Waals surface area contributed by atoms with Crippen LogP contribution >= 0.6 is 0 Å². The minimum Gasteiger partial charge on any atom is -0.491 e. The van der Waals surface area contributed by atoms with Crippen molar-refractivity contribution in [1.82, 2.24) is 4.98 Å². The number of benzene rings is 1. The molecule has 2 rings (SSSR count). The van der Waals surface area contributed by atoms with Gasteiger partial charge in [-0.05, 0) is 24.3 Å². The number of nitrogens with zero attached hydrogens (tertiary/aromatic N) is 1. The summed E-state index contributed by atoms with van der Waals surface area (Å²) >= 11 is 0. The Balaban J connectivity index is 2.13. The molecule has 19 heavy (non-hydrogen) atoms. The standard InChI is InChI=1S/C13H13NO5/c1-17-6-7-18-10-4-2-9(3-5-10)12-11(13(15)16)14-8-19-12/h2-5,8H,6-7H2,1H3,(H,15,16). The summed E-state index contributed by atoms with van der Waals surface area (Å²) in [6, 6.07) is 6.91. The van der Waals surface area contributed by atoms with Crippen molar-refractivity contribution < 1.29 is 23.8 Å². The number of carboxylic acids is 1. The second kappa shape index (κ2) is 6.01. The van der Waals surface area contributed by atoms with Crippen molar-refractivity contribution in [3.8, 4) is 17.1 Å². The second-order valence-corrected chi connectivity index (χ2v) is 3.70. The molecule has 1 aromatic carbocycles. The lowest BCUT2D eigenvalue weighted by molar-refractivity contribution is 0.0691. The molecule has 6 nitrogen and oxygen atoms in total. The molecule has 100 valence electrons.